The van der Waals surface area contributed by atoms with Crippen LogP contribution in [0.1, 0.15) is 0 Å². The molecule has 3 rings (SSSR count). The fourth-order valence-electron chi connectivity index (χ4n) is 1.49. The molecular formula is C11H6Cl2N4O. The predicted octanol–water partition coefficient (Wildman–Crippen LogP) is 3.43. The van der Waals surface area contributed by atoms with E-state index in [-0.39, 0.29) is 0 Å². The second kappa shape index (κ2) is 4.44. The van der Waals surface area contributed by atoms with E-state index in [9.17, 15) is 0 Å². The van der Waals surface area contributed by atoms with E-state index in [0.717, 1.165) is 0 Å². The molecule has 0 amide bonds. The lowest BCUT2D eigenvalue weighted by atomic mass is 10.2. The first-order valence-corrected chi connectivity index (χ1v) is 5.78. The number of aromatic amines is 1. The van der Waals surface area contributed by atoms with E-state index < -0.39 is 0 Å². The summed E-state index contributed by atoms with van der Waals surface area (Å²) in [6.45, 7) is 0. The van der Waals surface area contributed by atoms with Crippen molar-refractivity contribution in [1.29, 1.82) is 0 Å². The van der Waals surface area contributed by atoms with Crippen LogP contribution < -0.4 is 0 Å². The number of hydrogen-bond donors (Lipinski definition) is 1. The number of rotatable bonds is 2. The number of H-pyrrole nitrogens is 1. The number of nitrogens with zero attached hydrogens (tertiary/aromatic N) is 3. The predicted molar refractivity (Wildman–Crippen MR) is 67.3 cm³/mol. The molecular weight excluding hydrogens is 275 g/mol. The van der Waals surface area contributed by atoms with Crippen LogP contribution in [-0.4, -0.2) is 20.3 Å². The Hall–Kier alpha value is -1.85. The van der Waals surface area contributed by atoms with Gasteiger partial charge in [-0.15, -0.1) is 0 Å². The SMILES string of the molecule is Clc1ccc(-c2noc(-c3ccn[nH]3)n2)c(Cl)c1. The Bertz CT molecular complexity index is 678. The fraction of sp³-hybridized carbons (Fsp3) is 0. The first-order valence-electron chi connectivity index (χ1n) is 5.03. The summed E-state index contributed by atoms with van der Waals surface area (Å²) in [5.74, 6) is 0.759. The molecule has 0 aliphatic carbocycles. The standard InChI is InChI=1S/C11H6Cl2N4O/c12-6-1-2-7(8(13)5-6)10-15-11(18-17-10)9-3-4-14-16-9/h1-5H,(H,14,16). The zero-order valence-electron chi connectivity index (χ0n) is 8.89. The molecule has 1 N–H and O–H groups in total. The minimum atomic E-state index is 0.355. The van der Waals surface area contributed by atoms with Crippen molar-refractivity contribution in [2.75, 3.05) is 0 Å². The zero-order chi connectivity index (χ0) is 12.5. The summed E-state index contributed by atoms with van der Waals surface area (Å²) in [6.07, 6.45) is 1.61. The van der Waals surface area contributed by atoms with Gasteiger partial charge in [-0.3, -0.25) is 5.10 Å². The molecule has 2 heterocycles. The number of nitrogens with one attached hydrogen (secondary N) is 1. The average Bonchev–Trinajstić information content (AvgIpc) is 2.99. The third kappa shape index (κ3) is 1.98. The van der Waals surface area contributed by atoms with Gasteiger partial charge in [-0.05, 0) is 24.3 Å². The first-order chi connectivity index (χ1) is 8.74. The van der Waals surface area contributed by atoms with Crippen molar-refractivity contribution in [1.82, 2.24) is 20.3 Å². The van der Waals surface area contributed by atoms with Gasteiger partial charge in [0.05, 0.1) is 5.02 Å². The van der Waals surface area contributed by atoms with Crippen LogP contribution in [-0.2, 0) is 0 Å². The van der Waals surface area contributed by atoms with Gasteiger partial charge in [0.25, 0.3) is 5.89 Å². The summed E-state index contributed by atoms with van der Waals surface area (Å²) in [5, 5.41) is 11.5. The average molecular weight is 281 g/mol. The lowest BCUT2D eigenvalue weighted by molar-refractivity contribution is 0.431. The highest BCUT2D eigenvalue weighted by atomic mass is 35.5. The Morgan fingerprint density at radius 1 is 1.17 bits per heavy atom. The van der Waals surface area contributed by atoms with Gasteiger partial charge in [0.15, 0.2) is 0 Å². The monoisotopic (exact) mass is 280 g/mol. The quantitative estimate of drug-likeness (QED) is 0.781. The Balaban J connectivity index is 2.03. The molecule has 18 heavy (non-hydrogen) atoms. The van der Waals surface area contributed by atoms with Crippen molar-refractivity contribution in [3.05, 3.63) is 40.5 Å². The number of halogens is 2. The van der Waals surface area contributed by atoms with Crippen molar-refractivity contribution in [2.24, 2.45) is 0 Å². The van der Waals surface area contributed by atoms with Crippen LogP contribution >= 0.6 is 23.2 Å². The second-order valence-electron chi connectivity index (χ2n) is 3.52. The molecule has 7 heteroatoms. The molecule has 0 atom stereocenters. The highest BCUT2D eigenvalue weighted by molar-refractivity contribution is 6.36. The summed E-state index contributed by atoms with van der Waals surface area (Å²) in [5.41, 5.74) is 1.31. The van der Waals surface area contributed by atoms with Gasteiger partial charge in [0.2, 0.25) is 5.82 Å². The minimum absolute atomic E-state index is 0.355. The molecule has 5 nitrogen and oxygen atoms in total. The van der Waals surface area contributed by atoms with Gasteiger partial charge >= 0.3 is 0 Å². The van der Waals surface area contributed by atoms with Crippen LogP contribution in [0.15, 0.2) is 35.0 Å². The van der Waals surface area contributed by atoms with Crippen LogP contribution in [0.5, 0.6) is 0 Å². The highest BCUT2D eigenvalue weighted by Crippen LogP contribution is 2.29. The first kappa shape index (κ1) is 11.3. The lowest BCUT2D eigenvalue weighted by Crippen LogP contribution is -1.83. The van der Waals surface area contributed by atoms with E-state index in [1.54, 1.807) is 30.5 Å². The molecule has 90 valence electrons. The van der Waals surface area contributed by atoms with Gasteiger partial charge in [0.1, 0.15) is 5.69 Å². The number of benzene rings is 1. The van der Waals surface area contributed by atoms with Crippen molar-refractivity contribution in [2.45, 2.75) is 0 Å². The summed E-state index contributed by atoms with van der Waals surface area (Å²) in [6, 6.07) is 6.83. The summed E-state index contributed by atoms with van der Waals surface area (Å²) >= 11 is 11.9. The molecule has 1 aromatic carbocycles. The Labute approximate surface area is 112 Å². The molecule has 0 aliphatic heterocycles. The lowest BCUT2D eigenvalue weighted by Gasteiger charge is -1.98. The van der Waals surface area contributed by atoms with Gasteiger partial charge in [0, 0.05) is 16.8 Å². The van der Waals surface area contributed by atoms with Crippen LogP contribution in [0, 0.1) is 0 Å². The fourth-order valence-corrected chi connectivity index (χ4v) is 1.98. The molecule has 0 saturated carbocycles. The van der Waals surface area contributed by atoms with E-state index in [4.69, 9.17) is 27.7 Å². The van der Waals surface area contributed by atoms with Crippen LogP contribution in [0.25, 0.3) is 23.0 Å². The Morgan fingerprint density at radius 3 is 2.78 bits per heavy atom. The van der Waals surface area contributed by atoms with Gasteiger partial charge < -0.3 is 4.52 Å². The highest BCUT2D eigenvalue weighted by Gasteiger charge is 2.13. The van der Waals surface area contributed by atoms with Gasteiger partial charge in [-0.2, -0.15) is 10.1 Å². The van der Waals surface area contributed by atoms with Crippen molar-refractivity contribution >= 4 is 23.2 Å². The van der Waals surface area contributed by atoms with Crippen molar-refractivity contribution in [3.8, 4) is 23.0 Å². The molecule has 0 spiro atoms. The van der Waals surface area contributed by atoms with E-state index >= 15 is 0 Å². The number of hydrogen-bond acceptors (Lipinski definition) is 4. The topological polar surface area (TPSA) is 67.6 Å². The van der Waals surface area contributed by atoms with Gasteiger partial charge in [-0.1, -0.05) is 28.4 Å². The minimum Gasteiger partial charge on any atom is -0.332 e. The van der Waals surface area contributed by atoms with Gasteiger partial charge in [-0.25, -0.2) is 0 Å². The molecule has 0 aliphatic rings. The smallest absolute Gasteiger partial charge is 0.276 e. The molecule has 0 bridgehead atoms. The molecule has 2 aromatic heterocycles. The third-order valence-electron chi connectivity index (χ3n) is 2.33. The summed E-state index contributed by atoms with van der Waals surface area (Å²) in [4.78, 5) is 4.24. The van der Waals surface area contributed by atoms with Crippen molar-refractivity contribution < 1.29 is 4.52 Å². The normalized spacial score (nSPS) is 10.8. The molecule has 0 saturated heterocycles. The van der Waals surface area contributed by atoms with Crippen LogP contribution in [0.3, 0.4) is 0 Å². The van der Waals surface area contributed by atoms with Crippen LogP contribution in [0.2, 0.25) is 10.0 Å². The molecule has 3 aromatic rings. The molecule has 0 unspecified atom stereocenters. The Kier molecular flexibility index (Phi) is 2.77. The maximum Gasteiger partial charge on any atom is 0.276 e. The number of aromatic nitrogens is 4. The van der Waals surface area contributed by atoms with E-state index in [1.807, 2.05) is 0 Å². The van der Waals surface area contributed by atoms with E-state index in [1.165, 1.54) is 0 Å². The van der Waals surface area contributed by atoms with Crippen molar-refractivity contribution in [3.63, 3.8) is 0 Å². The second-order valence-corrected chi connectivity index (χ2v) is 4.36. The summed E-state index contributed by atoms with van der Waals surface area (Å²) in [7, 11) is 0. The maximum atomic E-state index is 6.07. The zero-order valence-corrected chi connectivity index (χ0v) is 10.4. The largest absolute Gasteiger partial charge is 0.332 e. The Morgan fingerprint density at radius 2 is 2.06 bits per heavy atom. The van der Waals surface area contributed by atoms with E-state index in [2.05, 4.69) is 20.3 Å². The van der Waals surface area contributed by atoms with Crippen LogP contribution in [0.4, 0.5) is 0 Å². The van der Waals surface area contributed by atoms with E-state index in [0.29, 0.717) is 33.0 Å². The molecule has 0 fully saturated rings. The third-order valence-corrected chi connectivity index (χ3v) is 2.88. The maximum absolute atomic E-state index is 6.07. The summed E-state index contributed by atoms with van der Waals surface area (Å²) < 4.78 is 5.12. The molecule has 0 radical (unpaired) electrons.